The lowest BCUT2D eigenvalue weighted by molar-refractivity contribution is 0.240. The van der Waals surface area contributed by atoms with Crippen molar-refractivity contribution in [3.05, 3.63) is 0 Å². The maximum Gasteiger partial charge on any atom is -0.0352 e. The van der Waals surface area contributed by atoms with Crippen LogP contribution in [0, 0.1) is 17.3 Å². The molecule has 1 rings (SSSR count). The van der Waals surface area contributed by atoms with E-state index >= 15 is 0 Å². The summed E-state index contributed by atoms with van der Waals surface area (Å²) in [6.45, 7) is 9.81. The van der Waals surface area contributed by atoms with Gasteiger partial charge < -0.3 is 0 Å². The normalized spacial score (nSPS) is 34.4. The predicted molar refractivity (Wildman–Crippen MR) is 69.0 cm³/mol. The van der Waals surface area contributed by atoms with Gasteiger partial charge in [-0.1, -0.05) is 66.2 Å². The Morgan fingerprint density at radius 3 is 2.00 bits per heavy atom. The van der Waals surface area contributed by atoms with Gasteiger partial charge in [0.2, 0.25) is 0 Å². The Balaban J connectivity index is 2.46. The van der Waals surface area contributed by atoms with Crippen LogP contribution in [0.15, 0.2) is 0 Å². The van der Waals surface area contributed by atoms with Crippen molar-refractivity contribution in [3.63, 3.8) is 0 Å². The molecule has 0 aliphatic heterocycles. The monoisotopic (exact) mass is 210 g/mol. The molecule has 0 bridgehead atoms. The molecule has 15 heavy (non-hydrogen) atoms. The Bertz CT molecular complexity index is 169. The van der Waals surface area contributed by atoms with Gasteiger partial charge in [0.25, 0.3) is 0 Å². The third kappa shape index (κ3) is 5.58. The third-order valence-electron chi connectivity index (χ3n) is 4.10. The second-order valence-corrected chi connectivity index (χ2v) is 6.76. The highest BCUT2D eigenvalue weighted by Crippen LogP contribution is 2.34. The summed E-state index contributed by atoms with van der Waals surface area (Å²) in [7, 11) is 0. The van der Waals surface area contributed by atoms with Gasteiger partial charge in [-0.3, -0.25) is 0 Å². The van der Waals surface area contributed by atoms with E-state index in [0.29, 0.717) is 5.41 Å². The Labute approximate surface area is 96.8 Å². The zero-order valence-electron chi connectivity index (χ0n) is 11.3. The molecule has 90 valence electrons. The van der Waals surface area contributed by atoms with Crippen molar-refractivity contribution in [1.82, 2.24) is 0 Å². The van der Waals surface area contributed by atoms with Crippen molar-refractivity contribution < 1.29 is 0 Å². The van der Waals surface area contributed by atoms with Crippen LogP contribution in [0.3, 0.4) is 0 Å². The lowest BCUT2D eigenvalue weighted by Gasteiger charge is -2.28. The van der Waals surface area contributed by atoms with E-state index in [1.807, 2.05) is 0 Å². The van der Waals surface area contributed by atoms with E-state index in [9.17, 15) is 0 Å². The van der Waals surface area contributed by atoms with Crippen LogP contribution in [0.4, 0.5) is 0 Å². The summed E-state index contributed by atoms with van der Waals surface area (Å²) in [6, 6.07) is 0. The minimum atomic E-state index is 0.587. The Morgan fingerprint density at radius 2 is 1.33 bits per heavy atom. The van der Waals surface area contributed by atoms with E-state index in [-0.39, 0.29) is 0 Å². The second kappa shape index (κ2) is 5.92. The molecule has 1 aliphatic carbocycles. The molecule has 0 heterocycles. The van der Waals surface area contributed by atoms with Crippen LogP contribution in [0.1, 0.15) is 79.1 Å². The first kappa shape index (κ1) is 13.1. The minimum absolute atomic E-state index is 0.587. The molecule has 0 aromatic heterocycles. The highest BCUT2D eigenvalue weighted by molar-refractivity contribution is 4.73. The quantitative estimate of drug-likeness (QED) is 0.501. The van der Waals surface area contributed by atoms with Crippen molar-refractivity contribution >= 4 is 0 Å². The Morgan fingerprint density at radius 1 is 0.800 bits per heavy atom. The zero-order valence-corrected chi connectivity index (χ0v) is 11.3. The van der Waals surface area contributed by atoms with Gasteiger partial charge in [0.1, 0.15) is 0 Å². The van der Waals surface area contributed by atoms with Crippen LogP contribution < -0.4 is 0 Å². The van der Waals surface area contributed by atoms with Gasteiger partial charge in [0, 0.05) is 0 Å². The fourth-order valence-corrected chi connectivity index (χ4v) is 3.21. The van der Waals surface area contributed by atoms with Crippen molar-refractivity contribution in [2.24, 2.45) is 17.3 Å². The highest BCUT2D eigenvalue weighted by atomic mass is 14.3. The predicted octanol–water partition coefficient (Wildman–Crippen LogP) is 5.42. The van der Waals surface area contributed by atoms with E-state index in [2.05, 4.69) is 27.7 Å². The van der Waals surface area contributed by atoms with E-state index < -0.39 is 0 Å². The molecule has 1 fully saturated rings. The van der Waals surface area contributed by atoms with Crippen molar-refractivity contribution in [1.29, 1.82) is 0 Å². The largest absolute Gasteiger partial charge is 0.0625 e. The van der Waals surface area contributed by atoms with Gasteiger partial charge in [-0.2, -0.15) is 0 Å². The SMILES string of the molecule is CC1CCCCC(C)CC(C)(C)CCC1. The van der Waals surface area contributed by atoms with Crippen molar-refractivity contribution in [3.8, 4) is 0 Å². The molecule has 0 spiro atoms. The van der Waals surface area contributed by atoms with Crippen LogP contribution >= 0.6 is 0 Å². The standard InChI is InChI=1S/C15H30/c1-13-8-5-6-9-14(2)12-15(3,4)11-7-10-13/h13-14H,5-12H2,1-4H3. The topological polar surface area (TPSA) is 0 Å². The molecule has 0 nitrogen and oxygen atoms in total. The molecular weight excluding hydrogens is 180 g/mol. The maximum atomic E-state index is 2.46. The number of hydrogen-bond acceptors (Lipinski definition) is 0. The van der Waals surface area contributed by atoms with Crippen LogP contribution in [0.25, 0.3) is 0 Å². The smallest absolute Gasteiger partial charge is 0.0352 e. The molecule has 0 saturated heterocycles. The minimum Gasteiger partial charge on any atom is -0.0625 e. The summed E-state index contributed by atoms with van der Waals surface area (Å²) in [5, 5.41) is 0. The molecule has 0 N–H and O–H groups in total. The van der Waals surface area contributed by atoms with Crippen LogP contribution in [-0.2, 0) is 0 Å². The lowest BCUT2D eigenvalue weighted by Crippen LogP contribution is -2.15. The summed E-state index contributed by atoms with van der Waals surface area (Å²) in [5.74, 6) is 1.91. The second-order valence-electron chi connectivity index (χ2n) is 6.76. The first-order valence-corrected chi connectivity index (χ1v) is 6.99. The van der Waals surface area contributed by atoms with E-state index in [0.717, 1.165) is 11.8 Å². The molecule has 1 saturated carbocycles. The molecule has 1 aliphatic rings. The summed E-state index contributed by atoms with van der Waals surface area (Å²) in [5.41, 5.74) is 0.587. The molecule has 0 aromatic rings. The van der Waals surface area contributed by atoms with E-state index in [1.165, 1.54) is 51.4 Å². The number of hydrogen-bond donors (Lipinski definition) is 0. The fraction of sp³-hybridized carbons (Fsp3) is 1.00. The van der Waals surface area contributed by atoms with Crippen LogP contribution in [0.5, 0.6) is 0 Å². The number of rotatable bonds is 0. The third-order valence-corrected chi connectivity index (χ3v) is 4.10. The molecule has 0 heteroatoms. The fourth-order valence-electron chi connectivity index (χ4n) is 3.21. The summed E-state index contributed by atoms with van der Waals surface area (Å²) < 4.78 is 0. The molecule has 0 radical (unpaired) electrons. The van der Waals surface area contributed by atoms with Gasteiger partial charge in [-0.25, -0.2) is 0 Å². The van der Waals surface area contributed by atoms with Gasteiger partial charge in [-0.05, 0) is 30.1 Å². The summed E-state index contributed by atoms with van der Waals surface area (Å²) >= 11 is 0. The van der Waals surface area contributed by atoms with Gasteiger partial charge in [-0.15, -0.1) is 0 Å². The first-order chi connectivity index (χ1) is 6.99. The van der Waals surface area contributed by atoms with Gasteiger partial charge in [0.05, 0.1) is 0 Å². The summed E-state index contributed by atoms with van der Waals surface area (Å²) in [6.07, 6.45) is 11.6. The Kier molecular flexibility index (Phi) is 5.15. The summed E-state index contributed by atoms with van der Waals surface area (Å²) in [4.78, 5) is 0. The maximum absolute atomic E-state index is 2.46. The first-order valence-electron chi connectivity index (χ1n) is 6.99. The van der Waals surface area contributed by atoms with E-state index in [4.69, 9.17) is 0 Å². The lowest BCUT2D eigenvalue weighted by atomic mass is 9.78. The molecule has 0 amide bonds. The highest BCUT2D eigenvalue weighted by Gasteiger charge is 2.21. The average Bonchev–Trinajstić information content (AvgIpc) is 2.12. The zero-order chi connectivity index (χ0) is 11.3. The molecular formula is C15H30. The molecule has 2 unspecified atom stereocenters. The van der Waals surface area contributed by atoms with Crippen molar-refractivity contribution in [2.45, 2.75) is 79.1 Å². The van der Waals surface area contributed by atoms with E-state index in [1.54, 1.807) is 0 Å². The Hall–Kier alpha value is 0. The average molecular weight is 210 g/mol. The van der Waals surface area contributed by atoms with Crippen LogP contribution in [-0.4, -0.2) is 0 Å². The molecule has 2 atom stereocenters. The van der Waals surface area contributed by atoms with Gasteiger partial charge in [0.15, 0.2) is 0 Å². The van der Waals surface area contributed by atoms with Gasteiger partial charge >= 0.3 is 0 Å². The molecule has 0 aromatic carbocycles. The van der Waals surface area contributed by atoms with Crippen molar-refractivity contribution in [2.75, 3.05) is 0 Å². The van der Waals surface area contributed by atoms with Crippen LogP contribution in [0.2, 0.25) is 0 Å².